The maximum Gasteiger partial charge on any atom is 0.417 e. The summed E-state index contributed by atoms with van der Waals surface area (Å²) in [6, 6.07) is 4.66. The summed E-state index contributed by atoms with van der Waals surface area (Å²) < 4.78 is 75.8. The van der Waals surface area contributed by atoms with Gasteiger partial charge in [0.25, 0.3) is 5.91 Å². The SMILES string of the molecule is CC1CN(c2cc(F)c(-c3cnc(N4CCOCC4)nc3)cc2NC(=O)c2ccc(F)cc2C(F)(F)F)C[C@H](C)N1C. The molecule has 1 N–H and O–H groups in total. The van der Waals surface area contributed by atoms with Crippen molar-refractivity contribution in [2.45, 2.75) is 32.1 Å². The van der Waals surface area contributed by atoms with Gasteiger partial charge in [-0.15, -0.1) is 0 Å². The molecule has 8 nitrogen and oxygen atoms in total. The monoisotopic (exact) mass is 590 g/mol. The highest BCUT2D eigenvalue weighted by atomic mass is 19.4. The van der Waals surface area contributed by atoms with E-state index < -0.39 is 34.8 Å². The third kappa shape index (κ3) is 6.16. The smallest absolute Gasteiger partial charge is 0.378 e. The quantitative estimate of drug-likeness (QED) is 0.417. The number of ether oxygens (including phenoxy) is 1. The van der Waals surface area contributed by atoms with Gasteiger partial charge in [0.2, 0.25) is 5.95 Å². The number of hydrogen-bond acceptors (Lipinski definition) is 7. The van der Waals surface area contributed by atoms with Crippen LogP contribution in [-0.2, 0) is 10.9 Å². The zero-order valence-corrected chi connectivity index (χ0v) is 23.4. The van der Waals surface area contributed by atoms with E-state index in [4.69, 9.17) is 4.74 Å². The summed E-state index contributed by atoms with van der Waals surface area (Å²) in [5, 5.41) is 2.55. The van der Waals surface area contributed by atoms with Gasteiger partial charge in [-0.05, 0) is 51.2 Å². The van der Waals surface area contributed by atoms with Crippen molar-refractivity contribution in [3.05, 3.63) is 65.5 Å². The van der Waals surface area contributed by atoms with E-state index in [1.807, 2.05) is 30.7 Å². The molecule has 0 aliphatic carbocycles. The van der Waals surface area contributed by atoms with Gasteiger partial charge in [-0.25, -0.2) is 18.7 Å². The van der Waals surface area contributed by atoms with E-state index in [1.165, 1.54) is 24.5 Å². The lowest BCUT2D eigenvalue weighted by Gasteiger charge is -2.44. The minimum atomic E-state index is -4.96. The molecule has 3 aromatic rings. The van der Waals surface area contributed by atoms with Gasteiger partial charge in [0.1, 0.15) is 11.6 Å². The molecular formula is C29H31F5N6O2. The normalized spacial score (nSPS) is 20.1. The molecule has 1 aromatic heterocycles. The van der Waals surface area contributed by atoms with Crippen LogP contribution in [0.15, 0.2) is 42.7 Å². The molecule has 3 heterocycles. The van der Waals surface area contributed by atoms with E-state index in [0.717, 1.165) is 12.1 Å². The average Bonchev–Trinajstić information content (AvgIpc) is 2.96. The van der Waals surface area contributed by atoms with E-state index in [2.05, 4.69) is 20.2 Å². The zero-order chi connectivity index (χ0) is 30.2. The number of halogens is 5. The number of amides is 1. The lowest BCUT2D eigenvalue weighted by Crippen LogP contribution is -2.55. The first-order valence-corrected chi connectivity index (χ1v) is 13.6. The molecule has 224 valence electrons. The summed E-state index contributed by atoms with van der Waals surface area (Å²) in [6.07, 6.45) is -2.04. The number of morpholine rings is 1. The van der Waals surface area contributed by atoms with Crippen LogP contribution in [0, 0.1) is 11.6 Å². The topological polar surface area (TPSA) is 73.8 Å². The van der Waals surface area contributed by atoms with Crippen molar-refractivity contribution in [1.29, 1.82) is 0 Å². The third-order valence-electron chi connectivity index (χ3n) is 7.81. The largest absolute Gasteiger partial charge is 0.417 e. The van der Waals surface area contributed by atoms with Gasteiger partial charge in [0.15, 0.2) is 0 Å². The number of carbonyl (C=O) groups is 1. The van der Waals surface area contributed by atoms with Gasteiger partial charge in [-0.1, -0.05) is 0 Å². The van der Waals surface area contributed by atoms with E-state index in [0.29, 0.717) is 56.6 Å². The summed E-state index contributed by atoms with van der Waals surface area (Å²) in [7, 11) is 1.98. The summed E-state index contributed by atoms with van der Waals surface area (Å²) in [4.78, 5) is 28.0. The van der Waals surface area contributed by atoms with Gasteiger partial charge < -0.3 is 19.9 Å². The Kier molecular flexibility index (Phi) is 8.33. The van der Waals surface area contributed by atoms with E-state index in [1.54, 1.807) is 0 Å². The number of carbonyl (C=O) groups excluding carboxylic acids is 1. The van der Waals surface area contributed by atoms with Crippen LogP contribution in [0.5, 0.6) is 0 Å². The lowest BCUT2D eigenvalue weighted by atomic mass is 10.0. The highest BCUT2D eigenvalue weighted by Crippen LogP contribution is 2.37. The average molecular weight is 591 g/mol. The fourth-order valence-electron chi connectivity index (χ4n) is 5.27. The molecule has 2 saturated heterocycles. The minimum absolute atomic E-state index is 0.0629. The van der Waals surface area contributed by atoms with Crippen molar-refractivity contribution in [1.82, 2.24) is 14.9 Å². The van der Waals surface area contributed by atoms with Gasteiger partial charge in [0, 0.05) is 61.8 Å². The number of nitrogens with zero attached hydrogens (tertiary/aromatic N) is 5. The Morgan fingerprint density at radius 1 is 0.976 bits per heavy atom. The molecule has 2 atom stereocenters. The van der Waals surface area contributed by atoms with Gasteiger partial charge in [-0.2, -0.15) is 13.2 Å². The molecule has 1 unspecified atom stereocenters. The second-order valence-corrected chi connectivity index (χ2v) is 10.6. The fourth-order valence-corrected chi connectivity index (χ4v) is 5.27. The van der Waals surface area contributed by atoms with Crippen molar-refractivity contribution in [3.63, 3.8) is 0 Å². The summed E-state index contributed by atoms with van der Waals surface area (Å²) in [5.74, 6) is -2.37. The Hall–Kier alpha value is -3.84. The number of rotatable bonds is 5. The van der Waals surface area contributed by atoms with Crippen molar-refractivity contribution >= 4 is 23.2 Å². The predicted octanol–water partition coefficient (Wildman–Crippen LogP) is 5.06. The second kappa shape index (κ2) is 11.8. The fraction of sp³-hybridized carbons (Fsp3) is 0.414. The Morgan fingerprint density at radius 3 is 2.24 bits per heavy atom. The van der Waals surface area contributed by atoms with E-state index in [-0.39, 0.29) is 29.4 Å². The molecule has 0 bridgehead atoms. The Bertz CT molecular complexity index is 1430. The van der Waals surface area contributed by atoms with Crippen LogP contribution in [0.25, 0.3) is 11.1 Å². The summed E-state index contributed by atoms with van der Waals surface area (Å²) in [5.41, 5.74) is -1.35. The maximum atomic E-state index is 15.7. The molecule has 13 heteroatoms. The number of benzene rings is 2. The standard InChI is InChI=1S/C29H31F5N6O2/c1-17-15-40(16-18(2)38(17)3)26-12-24(31)22(19-13-35-28(36-14-19)39-6-8-42-9-7-39)11-25(26)37-27(41)21-5-4-20(30)10-23(21)29(32,33)34/h4-5,10-14,17-18H,6-9,15-16H2,1-3H3,(H,37,41)/t17-,18?/m0/s1. The molecule has 2 aliphatic heterocycles. The Balaban J connectivity index is 1.54. The molecule has 0 saturated carbocycles. The first kappa shape index (κ1) is 29.6. The maximum absolute atomic E-state index is 15.7. The first-order valence-electron chi connectivity index (χ1n) is 13.6. The molecular weight excluding hydrogens is 559 g/mol. The molecule has 0 spiro atoms. The molecule has 1 amide bonds. The van der Waals surface area contributed by atoms with Gasteiger partial charge >= 0.3 is 6.18 Å². The number of likely N-dealkylation sites (N-methyl/N-ethyl adjacent to an activating group) is 1. The number of piperazine rings is 1. The van der Waals surface area contributed by atoms with Crippen molar-refractivity contribution in [2.24, 2.45) is 0 Å². The van der Waals surface area contributed by atoms with Crippen LogP contribution in [0.1, 0.15) is 29.8 Å². The number of aromatic nitrogens is 2. The van der Waals surface area contributed by atoms with E-state index in [9.17, 15) is 22.4 Å². The van der Waals surface area contributed by atoms with Crippen LogP contribution < -0.4 is 15.1 Å². The van der Waals surface area contributed by atoms with E-state index >= 15 is 4.39 Å². The lowest BCUT2D eigenvalue weighted by molar-refractivity contribution is -0.138. The summed E-state index contributed by atoms with van der Waals surface area (Å²) in [6.45, 7) is 7.30. The molecule has 2 aliphatic rings. The second-order valence-electron chi connectivity index (χ2n) is 10.6. The van der Waals surface area contributed by atoms with Gasteiger partial charge in [0.05, 0.1) is 35.7 Å². The third-order valence-corrected chi connectivity index (χ3v) is 7.81. The van der Waals surface area contributed by atoms with Crippen LogP contribution in [0.3, 0.4) is 0 Å². The first-order chi connectivity index (χ1) is 19.9. The Morgan fingerprint density at radius 2 is 1.62 bits per heavy atom. The van der Waals surface area contributed by atoms with Crippen molar-refractivity contribution in [3.8, 4) is 11.1 Å². The van der Waals surface area contributed by atoms with Crippen LogP contribution in [0.4, 0.5) is 39.3 Å². The number of nitrogens with one attached hydrogen (secondary N) is 1. The zero-order valence-electron chi connectivity index (χ0n) is 23.4. The molecule has 0 radical (unpaired) electrons. The van der Waals surface area contributed by atoms with Gasteiger partial charge in [-0.3, -0.25) is 9.69 Å². The van der Waals surface area contributed by atoms with Crippen LogP contribution >= 0.6 is 0 Å². The van der Waals surface area contributed by atoms with Crippen molar-refractivity contribution in [2.75, 3.05) is 61.6 Å². The predicted molar refractivity (Wildman–Crippen MR) is 149 cm³/mol. The minimum Gasteiger partial charge on any atom is -0.378 e. The highest BCUT2D eigenvalue weighted by molar-refractivity contribution is 6.07. The molecule has 42 heavy (non-hydrogen) atoms. The molecule has 5 rings (SSSR count). The summed E-state index contributed by atoms with van der Waals surface area (Å²) >= 11 is 0. The number of alkyl halides is 3. The van der Waals surface area contributed by atoms with Crippen molar-refractivity contribution < 1.29 is 31.5 Å². The molecule has 2 aromatic carbocycles. The number of anilines is 3. The molecule has 2 fully saturated rings. The number of hydrogen-bond donors (Lipinski definition) is 1. The highest BCUT2D eigenvalue weighted by Gasteiger charge is 2.36. The van der Waals surface area contributed by atoms with Crippen LogP contribution in [-0.4, -0.2) is 79.3 Å². The Labute approximate surface area is 240 Å². The van der Waals surface area contributed by atoms with Crippen LogP contribution in [0.2, 0.25) is 0 Å².